The van der Waals surface area contributed by atoms with Gasteiger partial charge in [0, 0.05) is 19.5 Å². The zero-order valence-corrected chi connectivity index (χ0v) is 8.78. The molecular weight excluding hydrogens is 202 g/mol. The molecule has 0 heterocycles. The van der Waals surface area contributed by atoms with Gasteiger partial charge in [0.25, 0.3) is 0 Å². The molecule has 0 saturated heterocycles. The standard InChI is InChI=1S/C6H14ClNO3S/c1-6(11-2)5-8-12(9,10)4-3-7/h6,8H,3-5H2,1-2H3. The van der Waals surface area contributed by atoms with E-state index in [9.17, 15) is 8.42 Å². The van der Waals surface area contributed by atoms with Crippen molar-refractivity contribution in [3.05, 3.63) is 0 Å². The van der Waals surface area contributed by atoms with Gasteiger partial charge in [-0.1, -0.05) is 0 Å². The Morgan fingerprint density at radius 3 is 2.58 bits per heavy atom. The van der Waals surface area contributed by atoms with E-state index in [1.165, 1.54) is 7.11 Å². The molecule has 0 aliphatic heterocycles. The van der Waals surface area contributed by atoms with Gasteiger partial charge in [-0.15, -0.1) is 11.6 Å². The summed E-state index contributed by atoms with van der Waals surface area (Å²) >= 11 is 5.28. The van der Waals surface area contributed by atoms with Crippen molar-refractivity contribution in [1.82, 2.24) is 4.72 Å². The summed E-state index contributed by atoms with van der Waals surface area (Å²) in [5, 5.41) is 0. The van der Waals surface area contributed by atoms with Crippen LogP contribution in [0.5, 0.6) is 0 Å². The summed E-state index contributed by atoms with van der Waals surface area (Å²) in [6.07, 6.45) is -0.116. The van der Waals surface area contributed by atoms with Gasteiger partial charge in [0.1, 0.15) is 0 Å². The molecule has 74 valence electrons. The highest BCUT2D eigenvalue weighted by Gasteiger charge is 2.09. The summed E-state index contributed by atoms with van der Waals surface area (Å²) in [5.74, 6) is 0.0572. The van der Waals surface area contributed by atoms with Gasteiger partial charge in [0.2, 0.25) is 10.0 Å². The quantitative estimate of drug-likeness (QED) is 0.644. The maximum atomic E-state index is 11.0. The van der Waals surface area contributed by atoms with E-state index in [2.05, 4.69) is 4.72 Å². The summed E-state index contributed by atoms with van der Waals surface area (Å²) < 4.78 is 29.2. The second-order valence-electron chi connectivity index (χ2n) is 2.40. The van der Waals surface area contributed by atoms with E-state index in [1.54, 1.807) is 6.92 Å². The molecule has 0 aromatic rings. The molecule has 0 spiro atoms. The van der Waals surface area contributed by atoms with E-state index < -0.39 is 10.0 Å². The SMILES string of the molecule is COC(C)CNS(=O)(=O)CCCl. The van der Waals surface area contributed by atoms with Gasteiger partial charge in [-0.05, 0) is 6.92 Å². The van der Waals surface area contributed by atoms with Crippen molar-refractivity contribution in [1.29, 1.82) is 0 Å². The summed E-state index contributed by atoms with van der Waals surface area (Å²) in [4.78, 5) is 0. The van der Waals surface area contributed by atoms with Crippen LogP contribution in [0.15, 0.2) is 0 Å². The molecule has 0 aliphatic carbocycles. The molecule has 1 atom stereocenters. The van der Waals surface area contributed by atoms with Crippen molar-refractivity contribution in [2.45, 2.75) is 13.0 Å². The molecule has 0 fully saturated rings. The lowest BCUT2D eigenvalue weighted by Gasteiger charge is -2.10. The molecule has 0 aromatic heterocycles. The van der Waals surface area contributed by atoms with Crippen LogP contribution < -0.4 is 4.72 Å². The average Bonchev–Trinajstić information content (AvgIpc) is 2.00. The number of halogens is 1. The van der Waals surface area contributed by atoms with Crippen molar-refractivity contribution in [2.75, 3.05) is 25.3 Å². The predicted molar refractivity (Wildman–Crippen MR) is 49.0 cm³/mol. The third-order valence-corrected chi connectivity index (χ3v) is 3.10. The first kappa shape index (κ1) is 12.2. The Labute approximate surface area is 78.3 Å². The number of methoxy groups -OCH3 is 1. The van der Waals surface area contributed by atoms with E-state index in [0.717, 1.165) is 0 Å². The fourth-order valence-electron chi connectivity index (χ4n) is 0.501. The highest BCUT2D eigenvalue weighted by Crippen LogP contribution is 1.90. The van der Waals surface area contributed by atoms with Gasteiger partial charge in [-0.2, -0.15) is 0 Å². The van der Waals surface area contributed by atoms with Gasteiger partial charge in [-0.25, -0.2) is 13.1 Å². The fraction of sp³-hybridized carbons (Fsp3) is 1.00. The van der Waals surface area contributed by atoms with Crippen molar-refractivity contribution in [2.24, 2.45) is 0 Å². The Morgan fingerprint density at radius 2 is 2.17 bits per heavy atom. The van der Waals surface area contributed by atoms with Gasteiger partial charge in [0.15, 0.2) is 0 Å². The van der Waals surface area contributed by atoms with Crippen molar-refractivity contribution in [3.63, 3.8) is 0 Å². The molecule has 1 unspecified atom stereocenters. The number of hydrogen-bond acceptors (Lipinski definition) is 3. The summed E-state index contributed by atoms with van der Waals surface area (Å²) in [7, 11) is -1.67. The van der Waals surface area contributed by atoms with E-state index >= 15 is 0 Å². The molecule has 6 heteroatoms. The zero-order chi connectivity index (χ0) is 9.61. The Kier molecular flexibility index (Phi) is 5.82. The van der Waals surface area contributed by atoms with Crippen molar-refractivity contribution >= 4 is 21.6 Å². The van der Waals surface area contributed by atoms with Gasteiger partial charge >= 0.3 is 0 Å². The molecule has 12 heavy (non-hydrogen) atoms. The first-order chi connectivity index (χ1) is 5.52. The largest absolute Gasteiger partial charge is 0.380 e. The van der Waals surface area contributed by atoms with Crippen LogP contribution in [0.4, 0.5) is 0 Å². The number of sulfonamides is 1. The lowest BCUT2D eigenvalue weighted by atomic mass is 10.4. The zero-order valence-electron chi connectivity index (χ0n) is 7.21. The molecular formula is C6H14ClNO3S. The van der Waals surface area contributed by atoms with E-state index in [0.29, 0.717) is 0 Å². The molecule has 0 aromatic carbocycles. The predicted octanol–water partition coefficient (Wildman–Crippen LogP) is 0.180. The van der Waals surface area contributed by atoms with Crippen LogP contribution in [0.25, 0.3) is 0 Å². The molecule has 0 amide bonds. The topological polar surface area (TPSA) is 55.4 Å². The van der Waals surface area contributed by atoms with Crippen LogP contribution in [-0.4, -0.2) is 39.8 Å². The highest BCUT2D eigenvalue weighted by molar-refractivity contribution is 7.89. The lowest BCUT2D eigenvalue weighted by molar-refractivity contribution is 0.122. The van der Waals surface area contributed by atoms with Crippen LogP contribution in [-0.2, 0) is 14.8 Å². The number of ether oxygens (including phenoxy) is 1. The average molecular weight is 216 g/mol. The summed E-state index contributed by atoms with van der Waals surface area (Å²) in [6, 6.07) is 0. The minimum Gasteiger partial charge on any atom is -0.380 e. The van der Waals surface area contributed by atoms with Crippen molar-refractivity contribution in [3.8, 4) is 0 Å². The van der Waals surface area contributed by atoms with Gasteiger partial charge < -0.3 is 4.74 Å². The lowest BCUT2D eigenvalue weighted by Crippen LogP contribution is -2.33. The molecule has 0 rings (SSSR count). The monoisotopic (exact) mass is 215 g/mol. The number of hydrogen-bond donors (Lipinski definition) is 1. The second kappa shape index (κ2) is 5.75. The highest BCUT2D eigenvalue weighted by atomic mass is 35.5. The first-order valence-corrected chi connectivity index (χ1v) is 5.76. The molecule has 4 nitrogen and oxygen atoms in total. The Morgan fingerprint density at radius 1 is 1.58 bits per heavy atom. The number of rotatable bonds is 6. The second-order valence-corrected chi connectivity index (χ2v) is 4.71. The Bertz CT molecular complexity index is 205. The third-order valence-electron chi connectivity index (χ3n) is 1.34. The third kappa shape index (κ3) is 5.77. The first-order valence-electron chi connectivity index (χ1n) is 3.58. The van der Waals surface area contributed by atoms with E-state index in [1.807, 2.05) is 0 Å². The fourth-order valence-corrected chi connectivity index (χ4v) is 1.95. The summed E-state index contributed by atoms with van der Waals surface area (Å²) in [6.45, 7) is 2.07. The molecule has 0 aliphatic rings. The smallest absolute Gasteiger partial charge is 0.212 e. The van der Waals surface area contributed by atoms with Crippen molar-refractivity contribution < 1.29 is 13.2 Å². The molecule has 0 saturated carbocycles. The number of nitrogens with one attached hydrogen (secondary N) is 1. The number of alkyl halides is 1. The Balaban J connectivity index is 3.76. The van der Waals surface area contributed by atoms with Crippen LogP contribution in [0.3, 0.4) is 0 Å². The maximum absolute atomic E-state index is 11.0. The maximum Gasteiger partial charge on any atom is 0.212 e. The van der Waals surface area contributed by atoms with E-state index in [-0.39, 0.29) is 24.3 Å². The minimum atomic E-state index is -3.20. The van der Waals surface area contributed by atoms with Crippen LogP contribution in [0.2, 0.25) is 0 Å². The molecule has 1 N–H and O–H groups in total. The van der Waals surface area contributed by atoms with Crippen LogP contribution in [0, 0.1) is 0 Å². The van der Waals surface area contributed by atoms with Crippen LogP contribution in [0.1, 0.15) is 6.92 Å². The van der Waals surface area contributed by atoms with E-state index in [4.69, 9.17) is 16.3 Å². The van der Waals surface area contributed by atoms with Crippen LogP contribution >= 0.6 is 11.6 Å². The van der Waals surface area contributed by atoms with Gasteiger partial charge in [-0.3, -0.25) is 0 Å². The normalized spacial score (nSPS) is 14.6. The molecule has 0 bridgehead atoms. The summed E-state index contributed by atoms with van der Waals surface area (Å²) in [5.41, 5.74) is 0. The molecule has 0 radical (unpaired) electrons. The van der Waals surface area contributed by atoms with Gasteiger partial charge in [0.05, 0.1) is 11.9 Å². The Hall–Kier alpha value is 0.160. The minimum absolute atomic E-state index is 0.0506.